The van der Waals surface area contributed by atoms with Gasteiger partial charge in [0.15, 0.2) is 0 Å². The Morgan fingerprint density at radius 3 is 1.64 bits per heavy atom. The average molecular weight is 203 g/mol. The van der Waals surface area contributed by atoms with E-state index in [-0.39, 0.29) is 30.4 Å². The van der Waals surface area contributed by atoms with E-state index in [9.17, 15) is 0 Å². The summed E-state index contributed by atoms with van der Waals surface area (Å²) in [6.07, 6.45) is 1.06. The second kappa shape index (κ2) is 7.17. The second-order valence-electron chi connectivity index (χ2n) is 3.25. The summed E-state index contributed by atoms with van der Waals surface area (Å²) >= 11 is 0. The molecular weight excluding hydrogens is 183 g/mol. The summed E-state index contributed by atoms with van der Waals surface area (Å²) in [5.74, 6) is 0. The maximum Gasteiger partial charge on any atom is 0.0159 e. The first-order chi connectivity index (χ1) is 4.00. The fraction of sp³-hybridized carbons (Fsp3) is 1.00. The lowest BCUT2D eigenvalue weighted by Gasteiger charge is -2.31. The number of halogens is 2. The predicted octanol–water partition coefficient (Wildman–Crippen LogP) is 1.52. The Balaban J connectivity index is -0.000000320. The molecule has 0 aliphatic rings. The van der Waals surface area contributed by atoms with Gasteiger partial charge in [-0.1, -0.05) is 0 Å². The quantitative estimate of drug-likeness (QED) is 0.753. The van der Waals surface area contributed by atoms with Gasteiger partial charge in [-0.15, -0.1) is 24.8 Å². The third kappa shape index (κ3) is 6.88. The molecule has 2 N–H and O–H groups in total. The second-order valence-corrected chi connectivity index (χ2v) is 3.25. The Kier molecular flexibility index (Phi) is 11.4. The van der Waals surface area contributed by atoms with Crippen molar-refractivity contribution in [3.05, 3.63) is 0 Å². The van der Waals surface area contributed by atoms with Crippen molar-refractivity contribution < 1.29 is 0 Å². The molecule has 0 bridgehead atoms. The van der Waals surface area contributed by atoms with Crippen LogP contribution in [-0.4, -0.2) is 31.1 Å². The minimum atomic E-state index is 0. The minimum absolute atomic E-state index is 0. The highest BCUT2D eigenvalue weighted by molar-refractivity contribution is 5.85. The molecule has 0 saturated carbocycles. The monoisotopic (exact) mass is 202 g/mol. The molecule has 0 aromatic carbocycles. The van der Waals surface area contributed by atoms with Crippen molar-refractivity contribution in [1.82, 2.24) is 4.90 Å². The van der Waals surface area contributed by atoms with Crippen LogP contribution in [0, 0.1) is 0 Å². The van der Waals surface area contributed by atoms with Crippen LogP contribution in [-0.2, 0) is 0 Å². The molecule has 0 amide bonds. The van der Waals surface area contributed by atoms with Crippen LogP contribution >= 0.6 is 24.8 Å². The van der Waals surface area contributed by atoms with Gasteiger partial charge in [0.05, 0.1) is 0 Å². The van der Waals surface area contributed by atoms with Gasteiger partial charge >= 0.3 is 0 Å². The first kappa shape index (κ1) is 17.5. The molecule has 0 unspecified atom stereocenters. The summed E-state index contributed by atoms with van der Waals surface area (Å²) in [7, 11) is 4.16. The van der Waals surface area contributed by atoms with Crippen LogP contribution in [0.1, 0.15) is 20.3 Å². The van der Waals surface area contributed by atoms with Gasteiger partial charge < -0.3 is 10.6 Å². The van der Waals surface area contributed by atoms with Crippen LogP contribution in [0.25, 0.3) is 0 Å². The zero-order valence-corrected chi connectivity index (χ0v) is 9.39. The topological polar surface area (TPSA) is 29.3 Å². The van der Waals surface area contributed by atoms with Crippen molar-refractivity contribution in [1.29, 1.82) is 0 Å². The fourth-order valence-electron chi connectivity index (χ4n) is 0.577. The number of rotatable bonds is 3. The molecule has 72 valence electrons. The summed E-state index contributed by atoms with van der Waals surface area (Å²) in [4.78, 5) is 2.19. The molecule has 2 nitrogen and oxygen atoms in total. The molecule has 0 aromatic heterocycles. The maximum absolute atomic E-state index is 5.43. The minimum Gasteiger partial charge on any atom is -0.330 e. The van der Waals surface area contributed by atoms with E-state index in [1.807, 2.05) is 0 Å². The van der Waals surface area contributed by atoms with E-state index in [0.717, 1.165) is 13.0 Å². The van der Waals surface area contributed by atoms with E-state index in [4.69, 9.17) is 5.73 Å². The van der Waals surface area contributed by atoms with Crippen molar-refractivity contribution in [2.24, 2.45) is 5.73 Å². The highest BCUT2D eigenvalue weighted by Crippen LogP contribution is 2.12. The zero-order valence-electron chi connectivity index (χ0n) is 7.76. The molecule has 0 atom stereocenters. The van der Waals surface area contributed by atoms with E-state index in [0.29, 0.717) is 0 Å². The summed E-state index contributed by atoms with van der Waals surface area (Å²) in [5, 5.41) is 0. The molecule has 0 radical (unpaired) electrons. The molecule has 4 heteroatoms. The average Bonchev–Trinajstić information content (AvgIpc) is 1.65. The van der Waals surface area contributed by atoms with Crippen molar-refractivity contribution in [2.45, 2.75) is 25.8 Å². The largest absolute Gasteiger partial charge is 0.330 e. The van der Waals surface area contributed by atoms with Gasteiger partial charge in [-0.2, -0.15) is 0 Å². The number of hydrogen-bond acceptors (Lipinski definition) is 2. The number of nitrogens with two attached hydrogens (primary N) is 1. The fourth-order valence-corrected chi connectivity index (χ4v) is 0.577. The van der Waals surface area contributed by atoms with Crippen molar-refractivity contribution in [3.8, 4) is 0 Å². The molecule has 11 heavy (non-hydrogen) atoms. The normalized spacial score (nSPS) is 10.4. The molecule has 0 aromatic rings. The standard InChI is InChI=1S/C7H18N2.2ClH/c1-7(2,5-6-8)9(3)4;;/h5-6,8H2,1-4H3;2*1H. The van der Waals surface area contributed by atoms with E-state index in [1.165, 1.54) is 0 Å². The van der Waals surface area contributed by atoms with Gasteiger partial charge in [0.2, 0.25) is 0 Å². The maximum atomic E-state index is 5.43. The van der Waals surface area contributed by atoms with Gasteiger partial charge in [-0.25, -0.2) is 0 Å². The third-order valence-corrected chi connectivity index (χ3v) is 1.97. The van der Waals surface area contributed by atoms with Gasteiger partial charge in [-0.05, 0) is 40.9 Å². The molecule has 0 fully saturated rings. The molecule has 0 heterocycles. The van der Waals surface area contributed by atoms with Crippen LogP contribution in [0.3, 0.4) is 0 Å². The van der Waals surface area contributed by atoms with Crippen molar-refractivity contribution in [3.63, 3.8) is 0 Å². The summed E-state index contributed by atoms with van der Waals surface area (Å²) in [6, 6.07) is 0. The Hall–Kier alpha value is 0.500. The Morgan fingerprint density at radius 1 is 1.18 bits per heavy atom. The van der Waals surface area contributed by atoms with Crippen LogP contribution in [0.5, 0.6) is 0 Å². The number of hydrogen-bond donors (Lipinski definition) is 1. The molecule has 0 aliphatic carbocycles. The van der Waals surface area contributed by atoms with Crippen LogP contribution in [0.4, 0.5) is 0 Å². The van der Waals surface area contributed by atoms with Crippen LogP contribution in [0.15, 0.2) is 0 Å². The van der Waals surface area contributed by atoms with Crippen LogP contribution < -0.4 is 5.73 Å². The van der Waals surface area contributed by atoms with E-state index < -0.39 is 0 Å². The van der Waals surface area contributed by atoms with E-state index in [2.05, 4.69) is 32.8 Å². The Labute approximate surface area is 82.3 Å². The smallest absolute Gasteiger partial charge is 0.0159 e. The van der Waals surface area contributed by atoms with Crippen molar-refractivity contribution >= 4 is 24.8 Å². The summed E-state index contributed by atoms with van der Waals surface area (Å²) < 4.78 is 0. The molecule has 0 spiro atoms. The molecule has 0 rings (SSSR count). The number of nitrogens with zero attached hydrogens (tertiary/aromatic N) is 1. The lowest BCUT2D eigenvalue weighted by atomic mass is 10.00. The highest BCUT2D eigenvalue weighted by Gasteiger charge is 2.18. The van der Waals surface area contributed by atoms with E-state index >= 15 is 0 Å². The first-order valence-corrected chi connectivity index (χ1v) is 3.38. The van der Waals surface area contributed by atoms with Gasteiger partial charge in [-0.3, -0.25) is 0 Å². The highest BCUT2D eigenvalue weighted by atomic mass is 35.5. The first-order valence-electron chi connectivity index (χ1n) is 3.38. The lowest BCUT2D eigenvalue weighted by molar-refractivity contribution is 0.185. The molecule has 0 aliphatic heterocycles. The summed E-state index contributed by atoms with van der Waals surface area (Å²) in [5.41, 5.74) is 5.68. The van der Waals surface area contributed by atoms with Gasteiger partial charge in [0, 0.05) is 5.54 Å². The SMILES string of the molecule is CN(C)C(C)(C)CCN.Cl.Cl. The van der Waals surface area contributed by atoms with Crippen LogP contribution in [0.2, 0.25) is 0 Å². The lowest BCUT2D eigenvalue weighted by Crippen LogP contribution is -2.39. The zero-order chi connectivity index (χ0) is 7.49. The van der Waals surface area contributed by atoms with Crippen molar-refractivity contribution in [2.75, 3.05) is 20.6 Å². The molecular formula is C7H20Cl2N2. The van der Waals surface area contributed by atoms with Gasteiger partial charge in [0.25, 0.3) is 0 Å². The van der Waals surface area contributed by atoms with Gasteiger partial charge in [0.1, 0.15) is 0 Å². The Morgan fingerprint density at radius 2 is 1.55 bits per heavy atom. The predicted molar refractivity (Wildman–Crippen MR) is 55.9 cm³/mol. The Bertz CT molecular complexity index is 84.5. The van der Waals surface area contributed by atoms with E-state index in [1.54, 1.807) is 0 Å². The third-order valence-electron chi connectivity index (χ3n) is 1.97. The molecule has 0 saturated heterocycles. The summed E-state index contributed by atoms with van der Waals surface area (Å²) in [6.45, 7) is 5.16.